The molecule has 0 saturated carbocycles. The van der Waals surface area contributed by atoms with Crippen LogP contribution < -0.4 is 4.74 Å². The second-order valence-corrected chi connectivity index (χ2v) is 6.03. The molecule has 0 bridgehead atoms. The summed E-state index contributed by atoms with van der Waals surface area (Å²) >= 11 is 1.38. The summed E-state index contributed by atoms with van der Waals surface area (Å²) < 4.78 is 15.2. The average Bonchev–Trinajstić information content (AvgIpc) is 2.89. The Morgan fingerprint density at radius 1 is 1.46 bits per heavy atom. The molecule has 1 aromatic rings. The summed E-state index contributed by atoms with van der Waals surface area (Å²) in [4.78, 5) is 25.1. The second-order valence-electron chi connectivity index (χ2n) is 5.07. The van der Waals surface area contributed by atoms with Crippen LogP contribution >= 0.6 is 11.8 Å². The zero-order valence-electron chi connectivity index (χ0n) is 12.9. The first-order valence-corrected chi connectivity index (χ1v) is 8.02. The van der Waals surface area contributed by atoms with E-state index in [9.17, 15) is 14.7 Å². The molecular formula is C15H17NO7S. The summed E-state index contributed by atoms with van der Waals surface area (Å²) in [6, 6.07) is 4.75. The van der Waals surface area contributed by atoms with Crippen LogP contribution in [0.2, 0.25) is 0 Å². The van der Waals surface area contributed by atoms with Crippen LogP contribution in [-0.4, -0.2) is 59.0 Å². The first-order valence-electron chi connectivity index (χ1n) is 7.03. The quantitative estimate of drug-likeness (QED) is 0.502. The third-order valence-corrected chi connectivity index (χ3v) is 4.30. The van der Waals surface area contributed by atoms with Crippen LogP contribution in [-0.2, 0) is 19.1 Å². The number of thioether (sulfide) groups is 1. The van der Waals surface area contributed by atoms with E-state index in [1.807, 2.05) is 0 Å². The molecule has 2 rings (SSSR count). The molecule has 1 aromatic carbocycles. The monoisotopic (exact) mass is 355 g/mol. The third kappa shape index (κ3) is 4.87. The van der Waals surface area contributed by atoms with Crippen molar-refractivity contribution in [2.45, 2.75) is 12.6 Å². The van der Waals surface area contributed by atoms with Gasteiger partial charge in [-0.25, -0.2) is 9.79 Å². The number of hydrogen-bond acceptors (Lipinski definition) is 8. The van der Waals surface area contributed by atoms with Gasteiger partial charge in [0.2, 0.25) is 5.72 Å². The fraction of sp³-hybridized carbons (Fsp3) is 0.400. The third-order valence-electron chi connectivity index (χ3n) is 3.04. The Bertz CT molecular complexity index is 649. The maximum atomic E-state index is 10.5. The van der Waals surface area contributed by atoms with E-state index < -0.39 is 11.7 Å². The van der Waals surface area contributed by atoms with Crippen molar-refractivity contribution in [2.24, 2.45) is 4.99 Å². The zero-order valence-corrected chi connectivity index (χ0v) is 13.7. The number of phenolic OH excluding ortho intramolecular Hbond substituents is 1. The maximum Gasteiger partial charge on any atom is 0.329 e. The Kier molecular flexibility index (Phi) is 6.04. The van der Waals surface area contributed by atoms with Crippen LogP contribution in [0.1, 0.15) is 12.5 Å². The van der Waals surface area contributed by atoms with Gasteiger partial charge < -0.3 is 24.4 Å². The van der Waals surface area contributed by atoms with Crippen LogP contribution in [0.3, 0.4) is 0 Å². The number of aromatic hydroxyl groups is 1. The Labute approximate surface area is 142 Å². The molecule has 0 aliphatic carbocycles. The molecule has 0 saturated heterocycles. The lowest BCUT2D eigenvalue weighted by molar-refractivity contribution is -0.142. The minimum absolute atomic E-state index is 0.0134. The topological polar surface area (TPSA) is 115 Å². The van der Waals surface area contributed by atoms with Crippen molar-refractivity contribution in [2.75, 3.05) is 25.6 Å². The molecule has 0 aromatic heterocycles. The largest absolute Gasteiger partial charge is 0.507 e. The number of ether oxygens (including phenoxy) is 3. The number of carboxylic acid groups (broad SMARTS) is 1. The highest BCUT2D eigenvalue weighted by Crippen LogP contribution is 2.35. The van der Waals surface area contributed by atoms with Gasteiger partial charge in [-0.1, -0.05) is 11.8 Å². The van der Waals surface area contributed by atoms with E-state index in [-0.39, 0.29) is 25.6 Å². The molecule has 1 aliphatic heterocycles. The van der Waals surface area contributed by atoms with E-state index in [0.717, 1.165) is 0 Å². The van der Waals surface area contributed by atoms with Gasteiger partial charge in [-0.05, 0) is 19.1 Å². The van der Waals surface area contributed by atoms with Gasteiger partial charge in [-0.3, -0.25) is 4.79 Å². The lowest BCUT2D eigenvalue weighted by atomic mass is 10.2. The number of rotatable bonds is 9. The zero-order chi connectivity index (χ0) is 17.6. The number of aliphatic imine (C=N–C) groups is 1. The Balaban J connectivity index is 1.95. The highest BCUT2D eigenvalue weighted by molar-refractivity contribution is 8.14. The molecule has 24 heavy (non-hydrogen) atoms. The van der Waals surface area contributed by atoms with E-state index in [1.165, 1.54) is 17.8 Å². The molecule has 9 heteroatoms. The molecule has 0 spiro atoms. The van der Waals surface area contributed by atoms with Gasteiger partial charge in [0, 0.05) is 11.6 Å². The molecular weight excluding hydrogens is 338 g/mol. The van der Waals surface area contributed by atoms with Gasteiger partial charge in [0.1, 0.15) is 29.8 Å². The number of phenols is 1. The fourth-order valence-electron chi connectivity index (χ4n) is 1.94. The normalized spacial score (nSPS) is 19.6. The summed E-state index contributed by atoms with van der Waals surface area (Å²) in [6.45, 7) is 1.95. The van der Waals surface area contributed by atoms with Crippen LogP contribution in [0.4, 0.5) is 0 Å². The number of carboxylic acids is 1. The Morgan fingerprint density at radius 3 is 2.92 bits per heavy atom. The number of benzene rings is 1. The number of carbonyl (C=O) groups is 2. The first kappa shape index (κ1) is 18.1. The van der Waals surface area contributed by atoms with Crippen molar-refractivity contribution in [1.29, 1.82) is 0 Å². The van der Waals surface area contributed by atoms with Crippen molar-refractivity contribution in [1.82, 2.24) is 0 Å². The smallest absolute Gasteiger partial charge is 0.329 e. The highest BCUT2D eigenvalue weighted by Gasteiger charge is 2.33. The van der Waals surface area contributed by atoms with Crippen LogP contribution in [0, 0.1) is 0 Å². The predicted molar refractivity (Wildman–Crippen MR) is 86.6 cm³/mol. The maximum absolute atomic E-state index is 10.5. The molecule has 0 amide bonds. The van der Waals surface area contributed by atoms with E-state index in [2.05, 4.69) is 4.99 Å². The van der Waals surface area contributed by atoms with Gasteiger partial charge in [0.05, 0.1) is 12.4 Å². The van der Waals surface area contributed by atoms with Crippen LogP contribution in [0.5, 0.6) is 11.5 Å². The predicted octanol–water partition coefficient (Wildman–Crippen LogP) is 1.25. The van der Waals surface area contributed by atoms with Crippen molar-refractivity contribution < 1.29 is 34.0 Å². The fourth-order valence-corrected chi connectivity index (χ4v) is 3.07. The minimum Gasteiger partial charge on any atom is -0.507 e. The molecule has 8 nitrogen and oxygen atoms in total. The molecule has 0 radical (unpaired) electrons. The Hall–Kier alpha value is -2.26. The lowest BCUT2D eigenvalue weighted by Crippen LogP contribution is -2.25. The standard InChI is InChI=1S/C15H17NO7S/c1-15(23-9-17)8-24-14(16-15)11-3-2-10(6-12(11)18)22-5-4-21-7-13(19)20/h2-3,6,9,18H,4-5,7-8H2,1H3,(H,19,20)/t15-/m0/s1. The van der Waals surface area contributed by atoms with E-state index >= 15 is 0 Å². The van der Waals surface area contributed by atoms with Gasteiger partial charge in [0.25, 0.3) is 6.47 Å². The van der Waals surface area contributed by atoms with E-state index in [0.29, 0.717) is 28.6 Å². The molecule has 2 N–H and O–H groups in total. The van der Waals surface area contributed by atoms with Gasteiger partial charge in [0.15, 0.2) is 0 Å². The number of carbonyl (C=O) groups excluding carboxylic acids is 1. The van der Waals surface area contributed by atoms with Crippen molar-refractivity contribution in [3.63, 3.8) is 0 Å². The summed E-state index contributed by atoms with van der Waals surface area (Å²) in [5.41, 5.74) is -0.405. The van der Waals surface area contributed by atoms with Crippen molar-refractivity contribution >= 4 is 29.2 Å². The van der Waals surface area contributed by atoms with Crippen LogP contribution in [0.25, 0.3) is 0 Å². The van der Waals surface area contributed by atoms with Gasteiger partial charge in [-0.15, -0.1) is 0 Å². The van der Waals surface area contributed by atoms with E-state index in [4.69, 9.17) is 19.3 Å². The average molecular weight is 355 g/mol. The van der Waals surface area contributed by atoms with Crippen LogP contribution in [0.15, 0.2) is 23.2 Å². The molecule has 1 atom stereocenters. The minimum atomic E-state index is -1.04. The summed E-state index contributed by atoms with van der Waals surface area (Å²) in [7, 11) is 0. The van der Waals surface area contributed by atoms with E-state index in [1.54, 1.807) is 19.1 Å². The highest BCUT2D eigenvalue weighted by atomic mass is 32.2. The molecule has 1 aliphatic rings. The summed E-state index contributed by atoms with van der Waals surface area (Å²) in [5, 5.41) is 19.1. The molecule has 0 unspecified atom stereocenters. The SMILES string of the molecule is C[C@]1(OC=O)CSC(c2ccc(OCCOCC(=O)O)cc2O)=N1. The summed E-state index contributed by atoms with van der Waals surface area (Å²) in [6.07, 6.45) is 0. The van der Waals surface area contributed by atoms with Gasteiger partial charge >= 0.3 is 5.97 Å². The van der Waals surface area contributed by atoms with Crippen molar-refractivity contribution in [3.8, 4) is 11.5 Å². The first-order chi connectivity index (χ1) is 11.4. The van der Waals surface area contributed by atoms with Gasteiger partial charge in [-0.2, -0.15) is 0 Å². The summed E-state index contributed by atoms with van der Waals surface area (Å²) in [5.74, 6) is -0.164. The molecule has 1 heterocycles. The molecule has 130 valence electrons. The number of hydrogen-bond donors (Lipinski definition) is 2. The number of nitrogens with zero attached hydrogens (tertiary/aromatic N) is 1. The Morgan fingerprint density at radius 2 is 2.25 bits per heavy atom. The second kappa shape index (κ2) is 8.02. The number of aliphatic carboxylic acids is 1. The molecule has 0 fully saturated rings. The van der Waals surface area contributed by atoms with Crippen molar-refractivity contribution in [3.05, 3.63) is 23.8 Å². The lowest BCUT2D eigenvalue weighted by Gasteiger charge is -2.16.